The number of benzene rings is 1. The molecular formula is C17H14N4O3. The number of anilines is 1. The van der Waals surface area contributed by atoms with Crippen molar-refractivity contribution >= 4 is 28.5 Å². The number of nitrogens with two attached hydrogens (primary N) is 1. The predicted molar refractivity (Wildman–Crippen MR) is 89.6 cm³/mol. The van der Waals surface area contributed by atoms with E-state index in [1.54, 1.807) is 6.07 Å². The fraction of sp³-hybridized carbons (Fsp3) is 0.118. The van der Waals surface area contributed by atoms with E-state index in [0.29, 0.717) is 5.69 Å². The van der Waals surface area contributed by atoms with E-state index in [1.165, 1.54) is 4.57 Å². The first-order valence-electron chi connectivity index (χ1n) is 7.39. The van der Waals surface area contributed by atoms with Crippen LogP contribution in [-0.4, -0.2) is 21.4 Å². The van der Waals surface area contributed by atoms with E-state index in [1.807, 2.05) is 26.0 Å². The Kier molecular flexibility index (Phi) is 2.72. The Morgan fingerprint density at radius 1 is 1.04 bits per heavy atom. The molecule has 2 amide bonds. The first-order chi connectivity index (χ1) is 11.4. The van der Waals surface area contributed by atoms with Gasteiger partial charge in [0, 0.05) is 22.7 Å². The molecule has 0 saturated heterocycles. The third kappa shape index (κ3) is 1.75. The fourth-order valence-electron chi connectivity index (χ4n) is 3.13. The van der Waals surface area contributed by atoms with Gasteiger partial charge >= 0.3 is 0 Å². The van der Waals surface area contributed by atoms with Gasteiger partial charge in [0.25, 0.3) is 17.4 Å². The molecule has 0 radical (unpaired) electrons. The lowest BCUT2D eigenvalue weighted by Gasteiger charge is -2.12. The third-order valence-corrected chi connectivity index (χ3v) is 4.50. The summed E-state index contributed by atoms with van der Waals surface area (Å²) in [6.45, 7) is 3.96. The maximum Gasteiger partial charge on any atom is 0.262 e. The van der Waals surface area contributed by atoms with Gasteiger partial charge in [0.2, 0.25) is 0 Å². The lowest BCUT2D eigenvalue weighted by atomic mass is 10.1. The summed E-state index contributed by atoms with van der Waals surface area (Å²) in [5, 5.41) is 3.13. The first kappa shape index (κ1) is 14.3. The number of carbonyl (C=O) groups is 2. The zero-order chi connectivity index (χ0) is 17.2. The molecule has 2 aromatic heterocycles. The average Bonchev–Trinajstić information content (AvgIpc) is 2.97. The normalized spacial score (nSPS) is 13.4. The quantitative estimate of drug-likeness (QED) is 0.588. The van der Waals surface area contributed by atoms with Crippen LogP contribution in [0.2, 0.25) is 0 Å². The van der Waals surface area contributed by atoms with Crippen LogP contribution in [0.3, 0.4) is 0 Å². The second-order valence-corrected chi connectivity index (χ2v) is 5.88. The van der Waals surface area contributed by atoms with Crippen molar-refractivity contribution in [2.45, 2.75) is 13.8 Å². The van der Waals surface area contributed by atoms with Gasteiger partial charge in [-0.15, -0.1) is 0 Å². The van der Waals surface area contributed by atoms with Gasteiger partial charge in [0.15, 0.2) is 0 Å². The third-order valence-electron chi connectivity index (χ3n) is 4.50. The van der Waals surface area contributed by atoms with Crippen molar-refractivity contribution in [2.24, 2.45) is 0 Å². The molecule has 0 saturated carbocycles. The molecule has 4 rings (SSSR count). The molecule has 0 spiro atoms. The van der Waals surface area contributed by atoms with Gasteiger partial charge in [-0.2, -0.15) is 0 Å². The number of H-pyrrole nitrogens is 1. The van der Waals surface area contributed by atoms with E-state index in [9.17, 15) is 14.4 Å². The number of nitrogens with one attached hydrogen (secondary N) is 2. The van der Waals surface area contributed by atoms with Crippen LogP contribution in [0.15, 0.2) is 29.1 Å². The number of nitrogens with zero attached hydrogens (tertiary/aromatic N) is 1. The maximum absolute atomic E-state index is 12.5. The van der Waals surface area contributed by atoms with E-state index < -0.39 is 17.4 Å². The van der Waals surface area contributed by atoms with Crippen LogP contribution in [-0.2, 0) is 0 Å². The van der Waals surface area contributed by atoms with Crippen LogP contribution in [0.4, 0.5) is 5.82 Å². The van der Waals surface area contributed by atoms with Gasteiger partial charge in [0.05, 0.1) is 16.8 Å². The van der Waals surface area contributed by atoms with Gasteiger partial charge in [-0.25, -0.2) is 0 Å². The largest absolute Gasteiger partial charge is 0.384 e. The van der Waals surface area contributed by atoms with Crippen molar-refractivity contribution in [1.29, 1.82) is 0 Å². The zero-order valence-corrected chi connectivity index (χ0v) is 13.1. The van der Waals surface area contributed by atoms with Crippen LogP contribution in [0.5, 0.6) is 0 Å². The summed E-state index contributed by atoms with van der Waals surface area (Å²) in [5.41, 5.74) is 9.27. The van der Waals surface area contributed by atoms with E-state index in [0.717, 1.165) is 28.2 Å². The Morgan fingerprint density at radius 3 is 2.54 bits per heavy atom. The molecule has 3 heterocycles. The number of pyridine rings is 1. The van der Waals surface area contributed by atoms with Crippen LogP contribution >= 0.6 is 0 Å². The highest BCUT2D eigenvalue weighted by Gasteiger charge is 2.31. The lowest BCUT2D eigenvalue weighted by Crippen LogP contribution is -2.24. The zero-order valence-electron chi connectivity index (χ0n) is 13.1. The number of aryl methyl sites for hydroxylation is 2. The van der Waals surface area contributed by atoms with Crippen molar-refractivity contribution < 1.29 is 9.59 Å². The van der Waals surface area contributed by atoms with Gasteiger partial charge in [-0.1, -0.05) is 0 Å². The number of rotatable bonds is 1. The van der Waals surface area contributed by atoms with Crippen molar-refractivity contribution in [3.8, 4) is 5.69 Å². The number of hydrogen-bond donors (Lipinski definition) is 3. The molecule has 0 aliphatic carbocycles. The average molecular weight is 322 g/mol. The Labute approximate surface area is 136 Å². The highest BCUT2D eigenvalue weighted by atomic mass is 16.2. The van der Waals surface area contributed by atoms with Crippen molar-refractivity contribution in [2.75, 3.05) is 5.73 Å². The van der Waals surface area contributed by atoms with Gasteiger partial charge in [-0.3, -0.25) is 24.3 Å². The minimum absolute atomic E-state index is 0.0218. The summed E-state index contributed by atoms with van der Waals surface area (Å²) < 4.78 is 1.25. The number of nitrogen functional groups attached to an aromatic ring is 1. The number of hydrogen-bond acceptors (Lipinski definition) is 4. The van der Waals surface area contributed by atoms with Gasteiger partial charge < -0.3 is 10.7 Å². The van der Waals surface area contributed by atoms with Crippen LogP contribution in [0.25, 0.3) is 16.6 Å². The Hall–Kier alpha value is -3.35. The molecule has 4 N–H and O–H groups in total. The SMILES string of the molecule is Cc1[nH]c2ccc(-n3c(N)c4c(cc3=O)C(=O)NC4=O)cc2c1C. The highest BCUT2D eigenvalue weighted by Crippen LogP contribution is 2.27. The van der Waals surface area contributed by atoms with Crippen molar-refractivity contribution in [3.05, 3.63) is 57.0 Å². The second-order valence-electron chi connectivity index (χ2n) is 5.88. The number of aromatic nitrogens is 2. The summed E-state index contributed by atoms with van der Waals surface area (Å²) in [4.78, 5) is 39.4. The van der Waals surface area contributed by atoms with E-state index in [4.69, 9.17) is 5.73 Å². The monoisotopic (exact) mass is 322 g/mol. The van der Waals surface area contributed by atoms with Gasteiger partial charge in [-0.05, 0) is 37.6 Å². The smallest absolute Gasteiger partial charge is 0.262 e. The van der Waals surface area contributed by atoms with Crippen LogP contribution in [0.1, 0.15) is 32.0 Å². The van der Waals surface area contributed by atoms with Crippen molar-refractivity contribution in [3.63, 3.8) is 0 Å². The van der Waals surface area contributed by atoms with Gasteiger partial charge in [0.1, 0.15) is 5.82 Å². The molecule has 24 heavy (non-hydrogen) atoms. The van der Waals surface area contributed by atoms with E-state index >= 15 is 0 Å². The molecule has 1 aliphatic heterocycles. The minimum Gasteiger partial charge on any atom is -0.384 e. The van der Waals surface area contributed by atoms with E-state index in [-0.39, 0.29) is 16.9 Å². The summed E-state index contributed by atoms with van der Waals surface area (Å²) in [6.07, 6.45) is 0. The number of amides is 2. The molecule has 1 aromatic carbocycles. The topological polar surface area (TPSA) is 110 Å². The number of fused-ring (bicyclic) bond motifs is 2. The number of aromatic amines is 1. The summed E-state index contributed by atoms with van der Waals surface area (Å²) in [5.74, 6) is -1.22. The summed E-state index contributed by atoms with van der Waals surface area (Å²) in [6, 6.07) is 6.59. The minimum atomic E-state index is -0.599. The Morgan fingerprint density at radius 2 is 1.79 bits per heavy atom. The standard InChI is InChI=1S/C17H14N4O3/c1-7-8(2)19-12-4-3-9(5-10(7)12)21-13(22)6-11-14(15(21)18)17(24)20-16(11)23/h3-6,19H,18H2,1-2H3,(H,20,23,24). The second kappa shape index (κ2) is 4.58. The molecule has 3 aromatic rings. The maximum atomic E-state index is 12.5. The molecular weight excluding hydrogens is 308 g/mol. The molecule has 0 bridgehead atoms. The Bertz CT molecular complexity index is 1120. The molecule has 7 nitrogen and oxygen atoms in total. The predicted octanol–water partition coefficient (Wildman–Crippen LogP) is 1.40. The molecule has 7 heteroatoms. The molecule has 0 atom stereocenters. The summed E-state index contributed by atoms with van der Waals surface area (Å²) >= 11 is 0. The van der Waals surface area contributed by atoms with Crippen LogP contribution < -0.4 is 16.6 Å². The molecule has 120 valence electrons. The van der Waals surface area contributed by atoms with E-state index in [2.05, 4.69) is 10.3 Å². The summed E-state index contributed by atoms with van der Waals surface area (Å²) in [7, 11) is 0. The Balaban J connectivity index is 2.03. The highest BCUT2D eigenvalue weighted by molar-refractivity contribution is 6.23. The molecule has 0 unspecified atom stereocenters. The van der Waals surface area contributed by atoms with Crippen molar-refractivity contribution in [1.82, 2.24) is 14.9 Å². The lowest BCUT2D eigenvalue weighted by molar-refractivity contribution is 0.0880. The molecule has 1 aliphatic rings. The first-order valence-corrected chi connectivity index (χ1v) is 7.39. The fourth-order valence-corrected chi connectivity index (χ4v) is 3.13. The van der Waals surface area contributed by atoms with Crippen LogP contribution in [0, 0.1) is 13.8 Å². The number of carbonyl (C=O) groups excluding carboxylic acids is 2. The molecule has 0 fully saturated rings. The number of imide groups is 1.